The van der Waals surface area contributed by atoms with E-state index in [0.717, 1.165) is 5.56 Å². The van der Waals surface area contributed by atoms with E-state index in [1.807, 2.05) is 6.92 Å². The van der Waals surface area contributed by atoms with E-state index in [9.17, 15) is 8.42 Å². The van der Waals surface area contributed by atoms with Crippen LogP contribution in [0.5, 0.6) is 0 Å². The summed E-state index contributed by atoms with van der Waals surface area (Å²) in [4.78, 5) is 0.138. The molecule has 1 aromatic heterocycles. The second-order valence-electron chi connectivity index (χ2n) is 4.36. The first-order valence-corrected chi connectivity index (χ1v) is 7.25. The highest BCUT2D eigenvalue weighted by Crippen LogP contribution is 2.19. The third kappa shape index (κ3) is 2.64. The number of nitrogen functional groups attached to an aromatic ring is 1. The van der Waals surface area contributed by atoms with Gasteiger partial charge in [0.2, 0.25) is 0 Å². The Kier molecular flexibility index (Phi) is 3.49. The van der Waals surface area contributed by atoms with E-state index in [-0.39, 0.29) is 22.1 Å². The Hall–Kier alpha value is -2.35. The van der Waals surface area contributed by atoms with Gasteiger partial charge in [0.25, 0.3) is 10.0 Å². The summed E-state index contributed by atoms with van der Waals surface area (Å²) in [5.41, 5.74) is 6.61. The molecule has 0 fully saturated rings. The fourth-order valence-electron chi connectivity index (χ4n) is 1.66. The van der Waals surface area contributed by atoms with E-state index < -0.39 is 10.0 Å². The molecule has 0 aliphatic carbocycles. The average Bonchev–Trinajstić information content (AvgIpc) is 2.71. The highest BCUT2D eigenvalue weighted by molar-refractivity contribution is 7.92. The predicted molar refractivity (Wildman–Crippen MR) is 76.2 cm³/mol. The molecule has 1 heterocycles. The van der Waals surface area contributed by atoms with Crippen LogP contribution in [0.25, 0.3) is 0 Å². The van der Waals surface area contributed by atoms with Crippen molar-refractivity contribution in [2.24, 2.45) is 12.8 Å². The van der Waals surface area contributed by atoms with Crippen molar-refractivity contribution in [3.63, 3.8) is 0 Å². The van der Waals surface area contributed by atoms with Crippen LogP contribution in [0, 0.1) is 12.3 Å². The van der Waals surface area contributed by atoms with Gasteiger partial charge < -0.3 is 5.73 Å². The molecule has 0 saturated heterocycles. The van der Waals surface area contributed by atoms with Gasteiger partial charge in [-0.2, -0.15) is 5.10 Å². The molecule has 0 amide bonds. The second-order valence-corrected chi connectivity index (χ2v) is 6.05. The van der Waals surface area contributed by atoms with Crippen molar-refractivity contribution in [2.45, 2.75) is 11.8 Å². The molecule has 0 radical (unpaired) electrons. The maximum absolute atomic E-state index is 12.3. The van der Waals surface area contributed by atoms with E-state index in [2.05, 4.69) is 9.82 Å². The number of benzene rings is 1. The molecule has 0 spiro atoms. The third-order valence-corrected chi connectivity index (χ3v) is 4.15. The van der Waals surface area contributed by atoms with Crippen molar-refractivity contribution in [1.82, 2.24) is 9.78 Å². The molecular formula is C12H15N5O2S. The molecule has 1 aromatic carbocycles. The molecule has 8 heteroatoms. The maximum atomic E-state index is 12.3. The third-order valence-electron chi connectivity index (χ3n) is 2.79. The molecule has 4 N–H and O–H groups in total. The van der Waals surface area contributed by atoms with Crippen molar-refractivity contribution in [2.75, 3.05) is 4.72 Å². The van der Waals surface area contributed by atoms with Crippen LogP contribution in [0.1, 0.15) is 11.1 Å². The Morgan fingerprint density at radius 3 is 2.50 bits per heavy atom. The monoisotopic (exact) mass is 293 g/mol. The average molecular weight is 293 g/mol. The van der Waals surface area contributed by atoms with Gasteiger partial charge in [0, 0.05) is 7.05 Å². The lowest BCUT2D eigenvalue weighted by Crippen LogP contribution is -2.19. The van der Waals surface area contributed by atoms with Crippen molar-refractivity contribution >= 4 is 21.7 Å². The number of nitrogens with two attached hydrogens (primary N) is 1. The number of sulfonamides is 1. The lowest BCUT2D eigenvalue weighted by molar-refractivity contribution is 0.600. The molecule has 0 aliphatic heterocycles. The minimum atomic E-state index is -3.74. The van der Waals surface area contributed by atoms with Crippen LogP contribution < -0.4 is 10.5 Å². The lowest BCUT2D eigenvalue weighted by atomic mass is 10.2. The first-order valence-electron chi connectivity index (χ1n) is 5.77. The summed E-state index contributed by atoms with van der Waals surface area (Å²) in [6.45, 7) is 1.87. The standard InChI is InChI=1S/C12H15N5O2S/c1-8-3-5-9(6-4-8)20(18,19)16-12-10(11(13)14)7-15-17(12)2/h3-7,16H,1-2H3,(H3,13,14). The topological polar surface area (TPSA) is 114 Å². The van der Waals surface area contributed by atoms with Gasteiger partial charge in [-0.15, -0.1) is 0 Å². The van der Waals surface area contributed by atoms with Crippen LogP contribution in [0.15, 0.2) is 35.4 Å². The van der Waals surface area contributed by atoms with Crippen LogP contribution >= 0.6 is 0 Å². The van der Waals surface area contributed by atoms with Gasteiger partial charge in [-0.05, 0) is 19.1 Å². The Morgan fingerprint density at radius 2 is 1.95 bits per heavy atom. The molecule has 0 unspecified atom stereocenters. The lowest BCUT2D eigenvalue weighted by Gasteiger charge is -2.10. The molecule has 20 heavy (non-hydrogen) atoms. The number of amidine groups is 1. The molecule has 2 aromatic rings. The molecule has 0 bridgehead atoms. The van der Waals surface area contributed by atoms with E-state index in [1.54, 1.807) is 19.2 Å². The fourth-order valence-corrected chi connectivity index (χ4v) is 2.77. The molecule has 0 saturated carbocycles. The van der Waals surface area contributed by atoms with Crippen molar-refractivity contribution < 1.29 is 8.42 Å². The quantitative estimate of drug-likeness (QED) is 0.571. The second kappa shape index (κ2) is 4.97. The van der Waals surface area contributed by atoms with Gasteiger partial charge >= 0.3 is 0 Å². The van der Waals surface area contributed by atoms with Crippen molar-refractivity contribution in [3.8, 4) is 0 Å². The molecule has 0 aliphatic rings. The van der Waals surface area contributed by atoms with Crippen LogP contribution in [-0.2, 0) is 17.1 Å². The van der Waals surface area contributed by atoms with Gasteiger partial charge in [-0.1, -0.05) is 17.7 Å². The largest absolute Gasteiger partial charge is 0.384 e. The highest BCUT2D eigenvalue weighted by Gasteiger charge is 2.19. The SMILES string of the molecule is Cc1ccc(S(=O)(=O)Nc2c(C(=N)N)cnn2C)cc1. The number of rotatable bonds is 4. The number of hydrogen-bond acceptors (Lipinski definition) is 4. The highest BCUT2D eigenvalue weighted by atomic mass is 32.2. The number of nitrogens with zero attached hydrogens (tertiary/aromatic N) is 2. The minimum absolute atomic E-state index is 0.138. The van der Waals surface area contributed by atoms with Crippen molar-refractivity contribution in [3.05, 3.63) is 41.6 Å². The Labute approximate surface area is 117 Å². The Bertz CT molecular complexity index is 747. The van der Waals surface area contributed by atoms with Crippen LogP contribution in [0.2, 0.25) is 0 Å². The van der Waals surface area contributed by atoms with Gasteiger partial charge in [0.05, 0.1) is 16.7 Å². The Balaban J connectivity index is 2.41. The summed E-state index contributed by atoms with van der Waals surface area (Å²) in [7, 11) is -2.17. The van der Waals surface area contributed by atoms with Crippen LogP contribution in [0.4, 0.5) is 5.82 Å². The summed E-state index contributed by atoms with van der Waals surface area (Å²) in [6.07, 6.45) is 1.34. The fraction of sp³-hybridized carbons (Fsp3) is 0.167. The predicted octanol–water partition coefficient (Wildman–Crippen LogP) is 0.813. The van der Waals surface area contributed by atoms with Gasteiger partial charge in [-0.3, -0.25) is 14.8 Å². The van der Waals surface area contributed by atoms with E-state index in [1.165, 1.54) is 23.0 Å². The summed E-state index contributed by atoms with van der Waals surface area (Å²) < 4.78 is 28.3. The number of aryl methyl sites for hydroxylation is 2. The minimum Gasteiger partial charge on any atom is -0.384 e. The summed E-state index contributed by atoms with van der Waals surface area (Å²) in [6, 6.07) is 6.45. The number of aromatic nitrogens is 2. The molecular weight excluding hydrogens is 278 g/mol. The molecule has 2 rings (SSSR count). The summed E-state index contributed by atoms with van der Waals surface area (Å²) in [5.74, 6) is -0.0854. The van der Waals surface area contributed by atoms with Crippen LogP contribution in [0.3, 0.4) is 0 Å². The van der Waals surface area contributed by atoms with Gasteiger partial charge in [-0.25, -0.2) is 8.42 Å². The van der Waals surface area contributed by atoms with Gasteiger partial charge in [0.15, 0.2) is 0 Å². The summed E-state index contributed by atoms with van der Waals surface area (Å²) >= 11 is 0. The number of nitrogens with one attached hydrogen (secondary N) is 2. The van der Waals surface area contributed by atoms with E-state index in [0.29, 0.717) is 0 Å². The number of anilines is 1. The van der Waals surface area contributed by atoms with E-state index in [4.69, 9.17) is 11.1 Å². The van der Waals surface area contributed by atoms with Crippen molar-refractivity contribution in [1.29, 1.82) is 5.41 Å². The number of hydrogen-bond donors (Lipinski definition) is 3. The smallest absolute Gasteiger partial charge is 0.263 e. The van der Waals surface area contributed by atoms with Gasteiger partial charge in [0.1, 0.15) is 11.7 Å². The molecule has 106 valence electrons. The first-order chi connectivity index (χ1) is 9.31. The van der Waals surface area contributed by atoms with Crippen LogP contribution in [-0.4, -0.2) is 24.0 Å². The van der Waals surface area contributed by atoms with E-state index >= 15 is 0 Å². The zero-order valence-electron chi connectivity index (χ0n) is 11.1. The molecule has 0 atom stereocenters. The zero-order valence-corrected chi connectivity index (χ0v) is 11.9. The maximum Gasteiger partial charge on any atom is 0.263 e. The Morgan fingerprint density at radius 1 is 1.35 bits per heavy atom. The normalized spacial score (nSPS) is 11.3. The molecule has 7 nitrogen and oxygen atoms in total. The summed E-state index contributed by atoms with van der Waals surface area (Å²) in [5, 5.41) is 11.3. The zero-order chi connectivity index (χ0) is 14.9. The first kappa shape index (κ1) is 14.1.